The molecule has 0 aromatic heterocycles. The van der Waals surface area contributed by atoms with Crippen molar-refractivity contribution in [2.24, 2.45) is 0 Å². The lowest BCUT2D eigenvalue weighted by Gasteiger charge is -2.31. The van der Waals surface area contributed by atoms with Crippen LogP contribution < -0.4 is 14.8 Å². The smallest absolute Gasteiger partial charge is 0.161 e. The lowest BCUT2D eigenvalue weighted by atomic mass is 10.1. The van der Waals surface area contributed by atoms with Crippen molar-refractivity contribution >= 4 is 0 Å². The maximum atomic E-state index is 5.57. The molecule has 0 radical (unpaired) electrons. The number of hydrogen-bond donors (Lipinski definition) is 1. The highest BCUT2D eigenvalue weighted by atomic mass is 16.5. The normalized spacial score (nSPS) is 19.6. The quantitative estimate of drug-likeness (QED) is 0.806. The predicted molar refractivity (Wildman–Crippen MR) is 81.4 cm³/mol. The van der Waals surface area contributed by atoms with Gasteiger partial charge in [0.15, 0.2) is 11.5 Å². The van der Waals surface area contributed by atoms with Crippen LogP contribution in [0.25, 0.3) is 0 Å². The molecule has 1 aliphatic rings. The summed E-state index contributed by atoms with van der Waals surface area (Å²) in [6, 6.07) is 6.70. The van der Waals surface area contributed by atoms with Gasteiger partial charge in [0, 0.05) is 32.2 Å². The van der Waals surface area contributed by atoms with Crippen LogP contribution in [0.5, 0.6) is 11.5 Å². The number of hydrogen-bond acceptors (Lipinski definition) is 4. The van der Waals surface area contributed by atoms with Crippen LogP contribution in [0.3, 0.4) is 0 Å². The van der Waals surface area contributed by atoms with Crippen molar-refractivity contribution in [3.63, 3.8) is 0 Å². The molecule has 110 valence electrons. The second-order valence-corrected chi connectivity index (χ2v) is 5.18. The Morgan fingerprint density at radius 1 is 1.45 bits per heavy atom. The predicted octanol–water partition coefficient (Wildman–Crippen LogP) is 2.05. The Morgan fingerprint density at radius 2 is 2.30 bits per heavy atom. The van der Waals surface area contributed by atoms with Crippen molar-refractivity contribution in [3.8, 4) is 11.5 Å². The zero-order chi connectivity index (χ0) is 14.4. The summed E-state index contributed by atoms with van der Waals surface area (Å²) in [5.41, 5.74) is 1.25. The third kappa shape index (κ3) is 3.99. The molecule has 0 amide bonds. The zero-order valence-corrected chi connectivity index (χ0v) is 12.4. The summed E-state index contributed by atoms with van der Waals surface area (Å²) >= 11 is 0. The van der Waals surface area contributed by atoms with E-state index in [0.29, 0.717) is 12.6 Å². The standard InChI is InChI=1S/C16H24N2O2/c1-4-9-20-15-6-5-14(10-16(15)19-3)12-18-8-7-17-13(2)11-18/h4-6,10,13,17H,1,7-9,11-12H2,2-3H3. The number of benzene rings is 1. The minimum atomic E-state index is 0.491. The van der Waals surface area contributed by atoms with E-state index in [2.05, 4.69) is 35.9 Å². The molecule has 1 unspecified atom stereocenters. The van der Waals surface area contributed by atoms with E-state index in [4.69, 9.17) is 9.47 Å². The monoisotopic (exact) mass is 276 g/mol. The van der Waals surface area contributed by atoms with E-state index in [1.54, 1.807) is 13.2 Å². The summed E-state index contributed by atoms with van der Waals surface area (Å²) < 4.78 is 11.0. The highest BCUT2D eigenvalue weighted by Crippen LogP contribution is 2.28. The maximum Gasteiger partial charge on any atom is 0.161 e. The first-order valence-electron chi connectivity index (χ1n) is 7.09. The van der Waals surface area contributed by atoms with Gasteiger partial charge in [-0.05, 0) is 24.6 Å². The number of methoxy groups -OCH3 is 1. The van der Waals surface area contributed by atoms with Crippen molar-refractivity contribution in [3.05, 3.63) is 36.4 Å². The van der Waals surface area contributed by atoms with E-state index >= 15 is 0 Å². The van der Waals surface area contributed by atoms with Gasteiger partial charge in [-0.2, -0.15) is 0 Å². The first-order chi connectivity index (χ1) is 9.72. The summed E-state index contributed by atoms with van der Waals surface area (Å²) in [7, 11) is 1.67. The van der Waals surface area contributed by atoms with E-state index in [0.717, 1.165) is 37.7 Å². The van der Waals surface area contributed by atoms with Gasteiger partial charge in [-0.25, -0.2) is 0 Å². The first-order valence-corrected chi connectivity index (χ1v) is 7.09. The second-order valence-electron chi connectivity index (χ2n) is 5.18. The maximum absolute atomic E-state index is 5.57. The molecule has 1 fully saturated rings. The molecule has 1 aromatic rings. The van der Waals surface area contributed by atoms with Crippen LogP contribution in [-0.4, -0.2) is 44.3 Å². The molecule has 0 aliphatic carbocycles. The van der Waals surface area contributed by atoms with Gasteiger partial charge in [-0.15, -0.1) is 0 Å². The average Bonchev–Trinajstić information content (AvgIpc) is 2.46. The third-order valence-corrected chi connectivity index (χ3v) is 3.44. The molecule has 4 heteroatoms. The molecule has 0 saturated carbocycles. The molecule has 2 rings (SSSR count). The summed E-state index contributed by atoms with van der Waals surface area (Å²) in [6.45, 7) is 10.5. The Morgan fingerprint density at radius 3 is 3.00 bits per heavy atom. The molecular weight excluding hydrogens is 252 g/mol. The summed E-state index contributed by atoms with van der Waals surface area (Å²) in [5.74, 6) is 1.55. The van der Waals surface area contributed by atoms with Gasteiger partial charge in [0.05, 0.1) is 7.11 Å². The molecule has 1 saturated heterocycles. The molecule has 0 bridgehead atoms. The molecule has 20 heavy (non-hydrogen) atoms. The van der Waals surface area contributed by atoms with Crippen molar-refractivity contribution in [1.82, 2.24) is 10.2 Å². The van der Waals surface area contributed by atoms with Crippen molar-refractivity contribution < 1.29 is 9.47 Å². The van der Waals surface area contributed by atoms with Gasteiger partial charge in [-0.3, -0.25) is 4.90 Å². The molecule has 1 heterocycles. The topological polar surface area (TPSA) is 33.7 Å². The first kappa shape index (κ1) is 14.9. The minimum Gasteiger partial charge on any atom is -0.493 e. The van der Waals surface area contributed by atoms with Crippen molar-refractivity contribution in [2.45, 2.75) is 19.5 Å². The molecule has 0 spiro atoms. The number of ether oxygens (including phenoxy) is 2. The number of piperazine rings is 1. The Bertz CT molecular complexity index is 448. The van der Waals surface area contributed by atoms with Crippen molar-refractivity contribution in [2.75, 3.05) is 33.4 Å². The highest BCUT2D eigenvalue weighted by molar-refractivity contribution is 5.43. The third-order valence-electron chi connectivity index (χ3n) is 3.44. The molecule has 4 nitrogen and oxygen atoms in total. The fraction of sp³-hybridized carbons (Fsp3) is 0.500. The van der Waals surface area contributed by atoms with E-state index in [9.17, 15) is 0 Å². The van der Waals surface area contributed by atoms with Gasteiger partial charge in [0.1, 0.15) is 6.61 Å². The van der Waals surface area contributed by atoms with E-state index in [1.807, 2.05) is 6.07 Å². The Hall–Kier alpha value is -1.52. The zero-order valence-electron chi connectivity index (χ0n) is 12.4. The lowest BCUT2D eigenvalue weighted by molar-refractivity contribution is 0.199. The minimum absolute atomic E-state index is 0.491. The second kappa shape index (κ2) is 7.31. The van der Waals surface area contributed by atoms with Crippen LogP contribution in [0.4, 0.5) is 0 Å². The average molecular weight is 276 g/mol. The van der Waals surface area contributed by atoms with Gasteiger partial charge in [-0.1, -0.05) is 18.7 Å². The van der Waals surface area contributed by atoms with Crippen LogP contribution in [0.15, 0.2) is 30.9 Å². The number of rotatable bonds is 6. The Balaban J connectivity index is 2.02. The lowest BCUT2D eigenvalue weighted by Crippen LogP contribution is -2.48. The fourth-order valence-electron chi connectivity index (χ4n) is 2.49. The summed E-state index contributed by atoms with van der Waals surface area (Å²) in [4.78, 5) is 2.46. The Labute approximate surface area is 121 Å². The molecule has 1 aromatic carbocycles. The molecule has 1 N–H and O–H groups in total. The van der Waals surface area contributed by atoms with Gasteiger partial charge in [0.25, 0.3) is 0 Å². The Kier molecular flexibility index (Phi) is 5.44. The fourth-order valence-corrected chi connectivity index (χ4v) is 2.49. The van der Waals surface area contributed by atoms with Crippen LogP contribution >= 0.6 is 0 Å². The van der Waals surface area contributed by atoms with Crippen LogP contribution in [0.2, 0.25) is 0 Å². The summed E-state index contributed by atoms with van der Waals surface area (Å²) in [6.07, 6.45) is 1.73. The number of nitrogens with one attached hydrogen (secondary N) is 1. The van der Waals surface area contributed by atoms with E-state index in [1.165, 1.54) is 5.56 Å². The largest absolute Gasteiger partial charge is 0.493 e. The SMILES string of the molecule is C=CCOc1ccc(CN2CCNC(C)C2)cc1OC. The van der Waals surface area contributed by atoms with Crippen LogP contribution in [0.1, 0.15) is 12.5 Å². The van der Waals surface area contributed by atoms with Crippen LogP contribution in [-0.2, 0) is 6.54 Å². The van der Waals surface area contributed by atoms with Gasteiger partial charge < -0.3 is 14.8 Å². The molecule has 1 aliphatic heterocycles. The highest BCUT2D eigenvalue weighted by Gasteiger charge is 2.16. The van der Waals surface area contributed by atoms with E-state index in [-0.39, 0.29) is 0 Å². The van der Waals surface area contributed by atoms with Gasteiger partial charge >= 0.3 is 0 Å². The summed E-state index contributed by atoms with van der Waals surface area (Å²) in [5, 5.41) is 3.46. The molecule has 1 atom stereocenters. The van der Waals surface area contributed by atoms with E-state index < -0.39 is 0 Å². The van der Waals surface area contributed by atoms with Crippen LogP contribution in [0, 0.1) is 0 Å². The molecular formula is C16H24N2O2. The number of nitrogens with zero attached hydrogens (tertiary/aromatic N) is 1. The van der Waals surface area contributed by atoms with Crippen molar-refractivity contribution in [1.29, 1.82) is 0 Å². The van der Waals surface area contributed by atoms with Gasteiger partial charge in [0.2, 0.25) is 0 Å².